The van der Waals surface area contributed by atoms with E-state index in [1.54, 1.807) is 6.20 Å². The largest absolute Gasteiger partial charge is 0.366 e. The van der Waals surface area contributed by atoms with Gasteiger partial charge in [-0.3, -0.25) is 4.79 Å². The van der Waals surface area contributed by atoms with Gasteiger partial charge in [0.15, 0.2) is 0 Å². The van der Waals surface area contributed by atoms with Gasteiger partial charge in [0, 0.05) is 12.5 Å². The van der Waals surface area contributed by atoms with Crippen molar-refractivity contribution in [1.29, 1.82) is 0 Å². The summed E-state index contributed by atoms with van der Waals surface area (Å²) in [5, 5.41) is 6.10. The van der Waals surface area contributed by atoms with Gasteiger partial charge in [0.25, 0.3) is 0 Å². The number of benzene rings is 1. The number of hydrogen-bond donors (Lipinski definition) is 2. The number of carbonyl (C=O) groups is 1. The average Bonchev–Trinajstić information content (AvgIpc) is 2.48. The van der Waals surface area contributed by atoms with Crippen molar-refractivity contribution in [2.45, 2.75) is 27.3 Å². The summed E-state index contributed by atoms with van der Waals surface area (Å²) in [7, 11) is 0. The molecule has 0 aliphatic carbocycles. The molecule has 0 aliphatic heterocycles. The molecule has 1 aromatic heterocycles. The van der Waals surface area contributed by atoms with Gasteiger partial charge < -0.3 is 10.6 Å². The van der Waals surface area contributed by atoms with Crippen LogP contribution in [-0.4, -0.2) is 10.9 Å². The lowest BCUT2D eigenvalue weighted by atomic mass is 10.1. The van der Waals surface area contributed by atoms with E-state index in [1.165, 1.54) is 11.1 Å². The van der Waals surface area contributed by atoms with Gasteiger partial charge in [-0.1, -0.05) is 38.1 Å². The third kappa shape index (κ3) is 4.31. The first-order valence-electron chi connectivity index (χ1n) is 7.11. The number of amides is 1. The molecule has 0 bridgehead atoms. The molecule has 0 unspecified atom stereocenters. The first kappa shape index (κ1) is 15.0. The van der Waals surface area contributed by atoms with Gasteiger partial charge in [-0.2, -0.15) is 0 Å². The van der Waals surface area contributed by atoms with Crippen molar-refractivity contribution in [3.05, 3.63) is 53.7 Å². The van der Waals surface area contributed by atoms with E-state index in [0.717, 1.165) is 18.1 Å². The maximum absolute atomic E-state index is 11.6. The lowest BCUT2D eigenvalue weighted by Gasteiger charge is -2.10. The van der Waals surface area contributed by atoms with E-state index in [4.69, 9.17) is 0 Å². The van der Waals surface area contributed by atoms with Crippen LogP contribution in [0.25, 0.3) is 0 Å². The van der Waals surface area contributed by atoms with E-state index < -0.39 is 0 Å². The Hall–Kier alpha value is -2.36. The Labute approximate surface area is 125 Å². The second-order valence-corrected chi connectivity index (χ2v) is 5.36. The first-order valence-corrected chi connectivity index (χ1v) is 7.11. The van der Waals surface area contributed by atoms with Gasteiger partial charge in [-0.25, -0.2) is 4.98 Å². The molecule has 0 radical (unpaired) electrons. The lowest BCUT2D eigenvalue weighted by molar-refractivity contribution is -0.118. The molecular formula is C17H21N3O. The summed E-state index contributed by atoms with van der Waals surface area (Å²) >= 11 is 0. The molecule has 0 saturated heterocycles. The van der Waals surface area contributed by atoms with Crippen LogP contribution in [0.1, 0.15) is 25.0 Å². The van der Waals surface area contributed by atoms with Crippen molar-refractivity contribution < 1.29 is 4.79 Å². The fourth-order valence-corrected chi connectivity index (χ4v) is 1.85. The van der Waals surface area contributed by atoms with Crippen LogP contribution in [-0.2, 0) is 11.3 Å². The van der Waals surface area contributed by atoms with Gasteiger partial charge in [0.2, 0.25) is 5.91 Å². The van der Waals surface area contributed by atoms with Crippen LogP contribution in [0.4, 0.5) is 11.5 Å². The van der Waals surface area contributed by atoms with E-state index in [0.29, 0.717) is 0 Å². The molecule has 0 atom stereocenters. The number of carbonyl (C=O) groups excluding carboxylic acids is 1. The summed E-state index contributed by atoms with van der Waals surface area (Å²) in [5.74, 6) is 0.752. The highest BCUT2D eigenvalue weighted by Crippen LogP contribution is 2.13. The van der Waals surface area contributed by atoms with Crippen LogP contribution in [0.5, 0.6) is 0 Å². The normalized spacial score (nSPS) is 10.5. The van der Waals surface area contributed by atoms with Gasteiger partial charge >= 0.3 is 0 Å². The summed E-state index contributed by atoms with van der Waals surface area (Å²) in [5.41, 5.74) is 3.22. The Kier molecular flexibility index (Phi) is 4.93. The van der Waals surface area contributed by atoms with Crippen molar-refractivity contribution in [2.75, 3.05) is 10.6 Å². The Morgan fingerprint density at radius 3 is 2.57 bits per heavy atom. The fraction of sp³-hybridized carbons (Fsp3) is 0.294. The van der Waals surface area contributed by atoms with Crippen molar-refractivity contribution >= 4 is 17.4 Å². The Morgan fingerprint density at radius 2 is 1.95 bits per heavy atom. The number of nitrogens with zero attached hydrogens (tertiary/aromatic N) is 1. The standard InChI is InChI=1S/C17H21N3O/c1-12(2)17(21)20-15-8-9-16(19-11-15)18-10-14-7-5-4-6-13(14)3/h4-9,11-12H,10H2,1-3H3,(H,18,19)(H,20,21). The van der Waals surface area contributed by atoms with E-state index in [2.05, 4.69) is 34.7 Å². The minimum Gasteiger partial charge on any atom is -0.366 e. The number of aromatic nitrogens is 1. The number of nitrogens with one attached hydrogen (secondary N) is 2. The van der Waals surface area contributed by atoms with Gasteiger partial charge in [0.05, 0.1) is 11.9 Å². The molecule has 110 valence electrons. The van der Waals surface area contributed by atoms with Crippen molar-refractivity contribution in [2.24, 2.45) is 5.92 Å². The van der Waals surface area contributed by atoms with Crippen molar-refractivity contribution in [3.8, 4) is 0 Å². The molecule has 21 heavy (non-hydrogen) atoms. The summed E-state index contributed by atoms with van der Waals surface area (Å²) in [4.78, 5) is 15.9. The molecule has 1 aromatic carbocycles. The maximum Gasteiger partial charge on any atom is 0.226 e. The topological polar surface area (TPSA) is 54.0 Å². The monoisotopic (exact) mass is 283 g/mol. The molecule has 0 saturated carbocycles. The van der Waals surface area contributed by atoms with Gasteiger partial charge in [-0.15, -0.1) is 0 Å². The van der Waals surface area contributed by atoms with E-state index in [1.807, 2.05) is 38.1 Å². The van der Waals surface area contributed by atoms with Crippen molar-refractivity contribution in [3.63, 3.8) is 0 Å². The maximum atomic E-state index is 11.6. The summed E-state index contributed by atoms with van der Waals surface area (Å²) in [6.45, 7) is 6.55. The predicted octanol–water partition coefficient (Wildman–Crippen LogP) is 3.60. The zero-order valence-electron chi connectivity index (χ0n) is 12.7. The smallest absolute Gasteiger partial charge is 0.226 e. The van der Waals surface area contributed by atoms with Crippen molar-refractivity contribution in [1.82, 2.24) is 4.98 Å². The highest BCUT2D eigenvalue weighted by molar-refractivity contribution is 5.91. The number of pyridine rings is 1. The summed E-state index contributed by atoms with van der Waals surface area (Å²) < 4.78 is 0. The van der Waals surface area contributed by atoms with Crippen LogP contribution in [0.3, 0.4) is 0 Å². The molecule has 2 rings (SSSR count). The SMILES string of the molecule is Cc1ccccc1CNc1ccc(NC(=O)C(C)C)cn1. The molecule has 0 fully saturated rings. The molecule has 1 heterocycles. The number of hydrogen-bond acceptors (Lipinski definition) is 3. The van der Waals surface area contributed by atoms with E-state index in [-0.39, 0.29) is 11.8 Å². The Bertz CT molecular complexity index is 606. The Morgan fingerprint density at radius 1 is 1.19 bits per heavy atom. The third-order valence-electron chi connectivity index (χ3n) is 3.28. The zero-order chi connectivity index (χ0) is 15.2. The lowest BCUT2D eigenvalue weighted by Crippen LogP contribution is -2.17. The molecule has 4 heteroatoms. The predicted molar refractivity (Wildman–Crippen MR) is 86.2 cm³/mol. The minimum atomic E-state index is -0.0381. The molecule has 2 N–H and O–H groups in total. The molecule has 0 spiro atoms. The Balaban J connectivity index is 1.94. The average molecular weight is 283 g/mol. The van der Waals surface area contributed by atoms with Crippen LogP contribution in [0, 0.1) is 12.8 Å². The number of rotatable bonds is 5. The summed E-state index contributed by atoms with van der Waals surface area (Å²) in [6.07, 6.45) is 1.67. The molecule has 2 aromatic rings. The highest BCUT2D eigenvalue weighted by atomic mass is 16.1. The molecule has 1 amide bonds. The molecule has 0 aliphatic rings. The summed E-state index contributed by atoms with van der Waals surface area (Å²) in [6, 6.07) is 12.0. The van der Waals surface area contributed by atoms with Gasteiger partial charge in [0.1, 0.15) is 5.82 Å². The number of anilines is 2. The van der Waals surface area contributed by atoms with E-state index >= 15 is 0 Å². The van der Waals surface area contributed by atoms with Crippen LogP contribution in [0.15, 0.2) is 42.6 Å². The minimum absolute atomic E-state index is 0.00239. The zero-order valence-corrected chi connectivity index (χ0v) is 12.7. The van der Waals surface area contributed by atoms with Gasteiger partial charge in [-0.05, 0) is 30.2 Å². The molecule has 4 nitrogen and oxygen atoms in total. The second kappa shape index (κ2) is 6.88. The van der Waals surface area contributed by atoms with Crippen LogP contribution in [0.2, 0.25) is 0 Å². The highest BCUT2D eigenvalue weighted by Gasteiger charge is 2.07. The van der Waals surface area contributed by atoms with E-state index in [9.17, 15) is 4.79 Å². The first-order chi connectivity index (χ1) is 10.1. The number of aryl methyl sites for hydroxylation is 1. The van der Waals surface area contributed by atoms with Crippen LogP contribution < -0.4 is 10.6 Å². The molecular weight excluding hydrogens is 262 g/mol. The second-order valence-electron chi connectivity index (χ2n) is 5.36. The fourth-order valence-electron chi connectivity index (χ4n) is 1.85. The third-order valence-corrected chi connectivity index (χ3v) is 3.28. The van der Waals surface area contributed by atoms with Crippen LogP contribution >= 0.6 is 0 Å². The quantitative estimate of drug-likeness (QED) is 0.881.